The molecule has 0 amide bonds. The molecule has 0 spiro atoms. The SMILES string of the molecule is O=C(O)CCCCCCN1CCN(Cc2ccc(-c3cc4nccc(Oc5ccc(CC(=O)CC6CC6)cc5F)c4s3)nc2)CC1. The molecule has 4 heterocycles. The number of ether oxygens (including phenoxy) is 1. The predicted octanol–water partition coefficient (Wildman–Crippen LogP) is 7.35. The van der Waals surface area contributed by atoms with Crippen LogP contribution in [0.5, 0.6) is 11.5 Å². The number of benzene rings is 1. The average molecular weight is 645 g/mol. The Morgan fingerprint density at radius 2 is 1.70 bits per heavy atom. The molecule has 3 aromatic heterocycles. The number of aromatic nitrogens is 2. The number of rotatable bonds is 16. The molecular weight excluding hydrogens is 603 g/mol. The largest absolute Gasteiger partial charge is 0.481 e. The van der Waals surface area contributed by atoms with Gasteiger partial charge in [0.1, 0.15) is 11.5 Å². The summed E-state index contributed by atoms with van der Waals surface area (Å²) >= 11 is 1.52. The number of ketones is 1. The first kappa shape index (κ1) is 32.2. The summed E-state index contributed by atoms with van der Waals surface area (Å²) in [7, 11) is 0. The van der Waals surface area contributed by atoms with Crippen molar-refractivity contribution >= 4 is 33.3 Å². The molecule has 0 bridgehead atoms. The fraction of sp³-hybridized carbons (Fsp3) is 0.444. The number of pyridine rings is 2. The Balaban J connectivity index is 1.01. The Labute approximate surface area is 273 Å². The first-order valence-corrected chi connectivity index (χ1v) is 17.2. The van der Waals surface area contributed by atoms with Crippen LogP contribution in [0.3, 0.4) is 0 Å². The number of aliphatic carboxylic acids is 1. The Morgan fingerprint density at radius 3 is 2.43 bits per heavy atom. The van der Waals surface area contributed by atoms with E-state index in [1.54, 1.807) is 24.4 Å². The van der Waals surface area contributed by atoms with E-state index in [0.29, 0.717) is 23.7 Å². The molecule has 0 atom stereocenters. The molecule has 1 saturated carbocycles. The lowest BCUT2D eigenvalue weighted by atomic mass is 10.0. The highest BCUT2D eigenvalue weighted by Gasteiger charge is 2.24. The van der Waals surface area contributed by atoms with Gasteiger partial charge in [0.25, 0.3) is 0 Å². The molecule has 0 unspecified atom stereocenters. The molecule has 1 N–H and O–H groups in total. The number of hydrogen-bond acceptors (Lipinski definition) is 8. The Kier molecular flexibility index (Phi) is 10.7. The molecule has 8 nitrogen and oxygen atoms in total. The van der Waals surface area contributed by atoms with Crippen LogP contribution in [0.2, 0.25) is 0 Å². The number of unbranched alkanes of at least 4 members (excludes halogenated alkanes) is 3. The van der Waals surface area contributed by atoms with Crippen LogP contribution in [0.15, 0.2) is 54.9 Å². The third-order valence-electron chi connectivity index (χ3n) is 8.77. The summed E-state index contributed by atoms with van der Waals surface area (Å²) in [6, 6.07) is 12.7. The van der Waals surface area contributed by atoms with Crippen LogP contribution in [0.1, 0.15) is 62.5 Å². The van der Waals surface area contributed by atoms with Crippen LogP contribution >= 0.6 is 11.3 Å². The monoisotopic (exact) mass is 644 g/mol. The number of carbonyl (C=O) groups excluding carboxylic acids is 1. The van der Waals surface area contributed by atoms with Crippen LogP contribution in [0.4, 0.5) is 4.39 Å². The van der Waals surface area contributed by atoms with Crippen molar-refractivity contribution in [2.45, 2.75) is 64.3 Å². The summed E-state index contributed by atoms with van der Waals surface area (Å²) < 4.78 is 21.8. The van der Waals surface area contributed by atoms with Gasteiger partial charge in [0.15, 0.2) is 11.6 Å². The maximum atomic E-state index is 15.0. The highest BCUT2D eigenvalue weighted by molar-refractivity contribution is 7.22. The van der Waals surface area contributed by atoms with Crippen molar-refractivity contribution < 1.29 is 23.8 Å². The van der Waals surface area contributed by atoms with Crippen LogP contribution in [0, 0.1) is 11.7 Å². The molecule has 0 radical (unpaired) electrons. The van der Waals surface area contributed by atoms with Gasteiger partial charge in [-0.3, -0.25) is 24.5 Å². The van der Waals surface area contributed by atoms with Gasteiger partial charge >= 0.3 is 5.97 Å². The Hall–Kier alpha value is -3.73. The van der Waals surface area contributed by atoms with Gasteiger partial charge in [0, 0.05) is 70.4 Å². The van der Waals surface area contributed by atoms with E-state index in [-0.39, 0.29) is 24.4 Å². The fourth-order valence-electron chi connectivity index (χ4n) is 5.98. The molecular formula is C36H41FN4O4S. The van der Waals surface area contributed by atoms with Gasteiger partial charge in [-0.1, -0.05) is 25.0 Å². The summed E-state index contributed by atoms with van der Waals surface area (Å²) in [5, 5.41) is 8.75. The van der Waals surface area contributed by atoms with Gasteiger partial charge in [-0.05, 0) is 73.5 Å². The normalized spacial score (nSPS) is 15.8. The van der Waals surface area contributed by atoms with Gasteiger partial charge in [-0.2, -0.15) is 0 Å². The number of halogens is 1. The van der Waals surface area contributed by atoms with E-state index >= 15 is 0 Å². The Bertz CT molecular complexity index is 1650. The highest BCUT2D eigenvalue weighted by Crippen LogP contribution is 2.39. The van der Waals surface area contributed by atoms with Crippen molar-refractivity contribution in [2.75, 3.05) is 32.7 Å². The van der Waals surface area contributed by atoms with E-state index in [2.05, 4.69) is 20.9 Å². The van der Waals surface area contributed by atoms with E-state index < -0.39 is 11.8 Å². The predicted molar refractivity (Wildman–Crippen MR) is 178 cm³/mol. The lowest BCUT2D eigenvalue weighted by Crippen LogP contribution is -2.46. The molecule has 4 aromatic rings. The van der Waals surface area contributed by atoms with E-state index in [4.69, 9.17) is 14.8 Å². The number of piperazine rings is 1. The number of hydrogen-bond donors (Lipinski definition) is 1. The standard InChI is InChI=1S/C36H41FN4O4S/c37-29-21-26(20-28(42)19-25-6-7-25)9-11-32(29)45-33-12-13-38-31-22-34(46-36(31)33)30-10-8-27(23-39-30)24-41-17-15-40(16-18-41)14-4-2-1-3-5-35(43)44/h8-13,21-23,25H,1-7,14-20,24H2,(H,43,44). The summed E-state index contributed by atoms with van der Waals surface area (Å²) in [4.78, 5) is 38.1. The maximum absolute atomic E-state index is 15.0. The van der Waals surface area contributed by atoms with Crippen molar-refractivity contribution in [1.29, 1.82) is 0 Å². The van der Waals surface area contributed by atoms with E-state index in [0.717, 1.165) is 98.6 Å². The summed E-state index contributed by atoms with van der Waals surface area (Å²) in [5.74, 6) is 0.153. The second-order valence-electron chi connectivity index (χ2n) is 12.6. The third kappa shape index (κ3) is 8.96. The molecule has 242 valence electrons. The fourth-order valence-corrected chi connectivity index (χ4v) is 7.02. The smallest absolute Gasteiger partial charge is 0.303 e. The summed E-state index contributed by atoms with van der Waals surface area (Å²) in [6.45, 7) is 6.08. The second-order valence-corrected chi connectivity index (χ2v) is 13.6. The first-order valence-electron chi connectivity index (χ1n) is 16.4. The quantitative estimate of drug-likeness (QED) is 0.127. The van der Waals surface area contributed by atoms with Crippen molar-refractivity contribution in [1.82, 2.24) is 19.8 Å². The Morgan fingerprint density at radius 1 is 0.913 bits per heavy atom. The number of nitrogens with zero attached hydrogens (tertiary/aromatic N) is 4. The molecule has 2 fully saturated rings. The number of carbonyl (C=O) groups is 2. The van der Waals surface area contributed by atoms with Gasteiger partial charge in [-0.25, -0.2) is 4.39 Å². The van der Waals surface area contributed by atoms with Crippen molar-refractivity contribution in [3.63, 3.8) is 0 Å². The number of carboxylic acid groups (broad SMARTS) is 1. The maximum Gasteiger partial charge on any atom is 0.303 e. The summed E-state index contributed by atoms with van der Waals surface area (Å²) in [6.07, 6.45) is 10.9. The van der Waals surface area contributed by atoms with Gasteiger partial charge < -0.3 is 14.7 Å². The number of Topliss-reactive ketones (excluding diaryl/α,β-unsaturated/α-hetero) is 1. The molecule has 1 saturated heterocycles. The summed E-state index contributed by atoms with van der Waals surface area (Å²) in [5.41, 5.74) is 3.47. The highest BCUT2D eigenvalue weighted by atomic mass is 32.1. The minimum absolute atomic E-state index is 0.122. The molecule has 10 heteroatoms. The van der Waals surface area contributed by atoms with Gasteiger partial charge in [-0.15, -0.1) is 11.3 Å². The zero-order valence-corrected chi connectivity index (χ0v) is 26.9. The number of fused-ring (bicyclic) bond motifs is 1. The third-order valence-corrected chi connectivity index (χ3v) is 9.93. The van der Waals surface area contributed by atoms with Crippen molar-refractivity contribution in [3.05, 3.63) is 71.8 Å². The molecule has 1 aliphatic carbocycles. The van der Waals surface area contributed by atoms with Gasteiger partial charge in [0.2, 0.25) is 0 Å². The minimum atomic E-state index is -0.704. The molecule has 1 aliphatic heterocycles. The molecule has 46 heavy (non-hydrogen) atoms. The number of carboxylic acids is 1. The minimum Gasteiger partial charge on any atom is -0.481 e. The lowest BCUT2D eigenvalue weighted by molar-refractivity contribution is -0.137. The average Bonchev–Trinajstić information content (AvgIpc) is 3.74. The van der Waals surface area contributed by atoms with E-state index in [9.17, 15) is 14.0 Å². The molecule has 1 aromatic carbocycles. The molecule has 6 rings (SSSR count). The van der Waals surface area contributed by atoms with Gasteiger partial charge in [0.05, 0.1) is 20.8 Å². The topological polar surface area (TPSA) is 95.9 Å². The zero-order chi connectivity index (χ0) is 31.9. The van der Waals surface area contributed by atoms with Crippen molar-refractivity contribution in [2.24, 2.45) is 5.92 Å². The van der Waals surface area contributed by atoms with Crippen LogP contribution in [-0.4, -0.2) is 69.4 Å². The van der Waals surface area contributed by atoms with Crippen LogP contribution in [0.25, 0.3) is 20.8 Å². The van der Waals surface area contributed by atoms with Crippen LogP contribution < -0.4 is 4.74 Å². The van der Waals surface area contributed by atoms with Crippen LogP contribution in [-0.2, 0) is 22.6 Å². The van der Waals surface area contributed by atoms with E-state index in [1.807, 2.05) is 18.3 Å². The number of thiophene rings is 1. The van der Waals surface area contributed by atoms with Crippen molar-refractivity contribution in [3.8, 4) is 22.1 Å². The lowest BCUT2D eigenvalue weighted by Gasteiger charge is -2.34. The van der Waals surface area contributed by atoms with E-state index in [1.165, 1.54) is 23.0 Å². The second kappa shape index (κ2) is 15.2. The molecule has 2 aliphatic rings. The first-order chi connectivity index (χ1) is 22.4. The zero-order valence-electron chi connectivity index (χ0n) is 26.1.